The van der Waals surface area contributed by atoms with Crippen molar-refractivity contribution in [3.05, 3.63) is 0 Å². The largest absolute Gasteiger partial charge is 0.353 e. The lowest BCUT2D eigenvalue weighted by Gasteiger charge is -2.16. The first kappa shape index (κ1) is 13.4. The molecular weight excluding hydrogens is 176 g/mol. The van der Waals surface area contributed by atoms with Gasteiger partial charge in [0.25, 0.3) is 0 Å². The maximum Gasteiger partial charge on any atom is 0.223 e. The Labute approximate surface area is 87.4 Å². The van der Waals surface area contributed by atoms with Crippen LogP contribution in [0, 0.1) is 5.92 Å². The van der Waals surface area contributed by atoms with Gasteiger partial charge in [-0.2, -0.15) is 0 Å². The van der Waals surface area contributed by atoms with E-state index in [1.807, 2.05) is 6.92 Å². The highest BCUT2D eigenvalue weighted by Gasteiger charge is 2.13. The van der Waals surface area contributed by atoms with Crippen LogP contribution in [0.25, 0.3) is 0 Å². The molecule has 0 aromatic carbocycles. The molecule has 84 valence electrons. The Morgan fingerprint density at radius 1 is 1.36 bits per heavy atom. The Morgan fingerprint density at radius 3 is 2.50 bits per heavy atom. The van der Waals surface area contributed by atoms with Crippen LogP contribution in [0.3, 0.4) is 0 Å². The van der Waals surface area contributed by atoms with Crippen molar-refractivity contribution >= 4 is 5.91 Å². The van der Waals surface area contributed by atoms with Crippen LogP contribution in [0.5, 0.6) is 0 Å². The molecule has 0 aliphatic carbocycles. The van der Waals surface area contributed by atoms with Gasteiger partial charge in [0.2, 0.25) is 5.91 Å². The Balaban J connectivity index is 3.71. The summed E-state index contributed by atoms with van der Waals surface area (Å²) in [5, 5.41) is 3.01. The summed E-state index contributed by atoms with van der Waals surface area (Å²) < 4.78 is 0. The van der Waals surface area contributed by atoms with Gasteiger partial charge in [-0.05, 0) is 32.7 Å². The molecule has 3 nitrogen and oxygen atoms in total. The molecule has 3 heteroatoms. The molecule has 2 atom stereocenters. The number of hydrogen-bond acceptors (Lipinski definition) is 2. The van der Waals surface area contributed by atoms with Gasteiger partial charge in [-0.3, -0.25) is 4.79 Å². The third-order valence-corrected chi connectivity index (χ3v) is 2.40. The summed E-state index contributed by atoms with van der Waals surface area (Å²) in [6.45, 7) is 6.81. The van der Waals surface area contributed by atoms with Crippen LogP contribution >= 0.6 is 0 Å². The summed E-state index contributed by atoms with van der Waals surface area (Å²) in [7, 11) is 0. The molecule has 0 heterocycles. The molecule has 1 amide bonds. The highest BCUT2D eigenvalue weighted by molar-refractivity contribution is 5.78. The van der Waals surface area contributed by atoms with Gasteiger partial charge in [0.05, 0.1) is 0 Å². The first-order valence-electron chi connectivity index (χ1n) is 5.62. The van der Waals surface area contributed by atoms with Crippen molar-refractivity contribution in [2.24, 2.45) is 11.7 Å². The molecule has 0 aromatic rings. The molecule has 0 aliphatic heterocycles. The van der Waals surface area contributed by atoms with E-state index >= 15 is 0 Å². The maximum absolute atomic E-state index is 11.6. The molecule has 3 N–H and O–H groups in total. The summed E-state index contributed by atoms with van der Waals surface area (Å²) in [5.74, 6) is 0.261. The lowest BCUT2D eigenvalue weighted by Crippen LogP contribution is -2.36. The number of rotatable bonds is 7. The van der Waals surface area contributed by atoms with Crippen molar-refractivity contribution in [2.45, 2.75) is 52.5 Å². The van der Waals surface area contributed by atoms with E-state index in [1.165, 1.54) is 0 Å². The Hall–Kier alpha value is -0.570. The molecular formula is C11H24N2O. The van der Waals surface area contributed by atoms with E-state index in [4.69, 9.17) is 5.73 Å². The fourth-order valence-corrected chi connectivity index (χ4v) is 1.45. The smallest absolute Gasteiger partial charge is 0.223 e. The van der Waals surface area contributed by atoms with Gasteiger partial charge >= 0.3 is 0 Å². The predicted molar refractivity (Wildman–Crippen MR) is 60.0 cm³/mol. The Morgan fingerprint density at radius 2 is 2.00 bits per heavy atom. The van der Waals surface area contributed by atoms with E-state index in [1.54, 1.807) is 0 Å². The third kappa shape index (κ3) is 5.97. The number of carbonyl (C=O) groups is 1. The maximum atomic E-state index is 11.6. The second-order valence-electron chi connectivity index (χ2n) is 4.03. The standard InChI is InChI=1S/C11H24N2O/c1-4-6-10(3)13-11(14)9(2)7-5-8-12/h9-10H,4-8,12H2,1-3H3,(H,13,14). The lowest BCUT2D eigenvalue weighted by molar-refractivity contribution is -0.125. The molecule has 2 unspecified atom stereocenters. The summed E-state index contributed by atoms with van der Waals surface area (Å²) in [4.78, 5) is 11.6. The molecule has 0 saturated heterocycles. The summed E-state index contributed by atoms with van der Waals surface area (Å²) in [6, 6.07) is 0.299. The van der Waals surface area contributed by atoms with E-state index in [2.05, 4.69) is 19.2 Å². The minimum Gasteiger partial charge on any atom is -0.353 e. The van der Waals surface area contributed by atoms with Crippen LogP contribution in [0.1, 0.15) is 46.5 Å². The highest BCUT2D eigenvalue weighted by Crippen LogP contribution is 2.06. The second-order valence-corrected chi connectivity index (χ2v) is 4.03. The van der Waals surface area contributed by atoms with Crippen molar-refractivity contribution in [1.29, 1.82) is 0 Å². The van der Waals surface area contributed by atoms with Gasteiger partial charge in [0.1, 0.15) is 0 Å². The van der Waals surface area contributed by atoms with E-state index in [0.717, 1.165) is 25.7 Å². The molecule has 0 aromatic heterocycles. The zero-order valence-corrected chi connectivity index (χ0v) is 9.68. The Bertz CT molecular complexity index is 159. The Kier molecular flexibility index (Phi) is 7.48. The van der Waals surface area contributed by atoms with Crippen molar-refractivity contribution in [3.63, 3.8) is 0 Å². The van der Waals surface area contributed by atoms with E-state index in [-0.39, 0.29) is 11.8 Å². The van der Waals surface area contributed by atoms with Gasteiger partial charge in [0, 0.05) is 12.0 Å². The number of carbonyl (C=O) groups excluding carboxylic acids is 1. The predicted octanol–water partition coefficient (Wildman–Crippen LogP) is 1.67. The van der Waals surface area contributed by atoms with Gasteiger partial charge in [-0.1, -0.05) is 20.3 Å². The monoisotopic (exact) mass is 200 g/mol. The van der Waals surface area contributed by atoms with Crippen LogP contribution in [0.4, 0.5) is 0 Å². The molecule has 0 radical (unpaired) electrons. The average Bonchev–Trinajstić information content (AvgIpc) is 2.14. The normalized spacial score (nSPS) is 14.9. The van der Waals surface area contributed by atoms with E-state index < -0.39 is 0 Å². The zero-order valence-electron chi connectivity index (χ0n) is 9.68. The molecule has 0 fully saturated rings. The van der Waals surface area contributed by atoms with Crippen LogP contribution in [0.2, 0.25) is 0 Å². The summed E-state index contributed by atoms with van der Waals surface area (Å²) >= 11 is 0. The number of amides is 1. The number of nitrogens with one attached hydrogen (secondary N) is 1. The molecule has 0 aliphatic rings. The summed E-state index contributed by atoms with van der Waals surface area (Å²) in [6.07, 6.45) is 3.98. The molecule has 0 bridgehead atoms. The van der Waals surface area contributed by atoms with Crippen LogP contribution in [-0.4, -0.2) is 18.5 Å². The van der Waals surface area contributed by atoms with Gasteiger partial charge in [-0.25, -0.2) is 0 Å². The van der Waals surface area contributed by atoms with Crippen molar-refractivity contribution in [1.82, 2.24) is 5.32 Å². The minimum absolute atomic E-state index is 0.0952. The van der Waals surface area contributed by atoms with E-state index in [0.29, 0.717) is 12.6 Å². The van der Waals surface area contributed by atoms with Crippen molar-refractivity contribution in [2.75, 3.05) is 6.54 Å². The van der Waals surface area contributed by atoms with Gasteiger partial charge < -0.3 is 11.1 Å². The zero-order chi connectivity index (χ0) is 11.0. The van der Waals surface area contributed by atoms with Crippen LogP contribution in [0.15, 0.2) is 0 Å². The SMILES string of the molecule is CCCC(C)NC(=O)C(C)CCCN. The average molecular weight is 200 g/mol. The van der Waals surface area contributed by atoms with Crippen molar-refractivity contribution < 1.29 is 4.79 Å². The molecule has 0 rings (SSSR count). The van der Waals surface area contributed by atoms with Crippen molar-refractivity contribution in [3.8, 4) is 0 Å². The first-order chi connectivity index (χ1) is 6.61. The topological polar surface area (TPSA) is 55.1 Å². The number of nitrogens with two attached hydrogens (primary N) is 1. The lowest BCUT2D eigenvalue weighted by atomic mass is 10.0. The minimum atomic E-state index is 0.0952. The molecule has 0 spiro atoms. The number of hydrogen-bond donors (Lipinski definition) is 2. The summed E-state index contributed by atoms with van der Waals surface area (Å²) in [5.41, 5.74) is 5.39. The van der Waals surface area contributed by atoms with E-state index in [9.17, 15) is 4.79 Å². The fourth-order valence-electron chi connectivity index (χ4n) is 1.45. The van der Waals surface area contributed by atoms with Crippen LogP contribution < -0.4 is 11.1 Å². The van der Waals surface area contributed by atoms with Gasteiger partial charge in [0.15, 0.2) is 0 Å². The fraction of sp³-hybridized carbons (Fsp3) is 0.909. The molecule has 0 saturated carbocycles. The third-order valence-electron chi connectivity index (χ3n) is 2.40. The molecule has 14 heavy (non-hydrogen) atoms. The first-order valence-corrected chi connectivity index (χ1v) is 5.62. The highest BCUT2D eigenvalue weighted by atomic mass is 16.1. The van der Waals surface area contributed by atoms with Crippen LogP contribution in [-0.2, 0) is 4.79 Å². The quantitative estimate of drug-likeness (QED) is 0.657. The van der Waals surface area contributed by atoms with Gasteiger partial charge in [-0.15, -0.1) is 0 Å². The second kappa shape index (κ2) is 7.80.